The van der Waals surface area contributed by atoms with Gasteiger partial charge in [-0.15, -0.1) is 4.99 Å². The first kappa shape index (κ1) is 116. The number of aryl methyl sites for hydroxylation is 2. The number of guanidine groups is 1. The van der Waals surface area contributed by atoms with E-state index >= 15 is 14.4 Å². The Hall–Kier alpha value is -13.2. The molecule has 0 unspecified atom stereocenters. The Morgan fingerprint density at radius 1 is 0.424 bits per heavy atom. The smallest absolute Gasteiger partial charge is 0.437 e. The van der Waals surface area contributed by atoms with Crippen LogP contribution in [-0.2, 0) is 92.5 Å². The van der Waals surface area contributed by atoms with Crippen molar-refractivity contribution in [1.29, 1.82) is 0 Å². The molecule has 2 aliphatic heterocycles. The first-order valence-corrected chi connectivity index (χ1v) is 55.4. The molecule has 0 radical (unpaired) electrons. The molecule has 2 heterocycles. The lowest BCUT2D eigenvalue weighted by atomic mass is 10.0. The summed E-state index contributed by atoms with van der Waals surface area (Å²) in [5.74, 6) is -9.62. The van der Waals surface area contributed by atoms with Crippen molar-refractivity contribution in [3.8, 4) is 34.5 Å². The van der Waals surface area contributed by atoms with Crippen molar-refractivity contribution in [2.75, 3.05) is 63.5 Å². The molecule has 0 saturated heterocycles. The molecule has 38 heteroatoms. The summed E-state index contributed by atoms with van der Waals surface area (Å²) in [6, 6.07) is 24.5. The minimum atomic E-state index is -1.79. The molecule has 0 fully saturated rings. The largest absolute Gasteiger partial charge is 0.491 e. The standard InChI is InChI=1S/C106H143N7O29Si2/c1-65(108-97(124)140-104(14,15)16)107-72-39-41-76-68(57-72)33-31-43-130-86-78(35-29-37-82(86)134-92(76)120)88(116)112(80(94(122)138-102(8,9)10)61-84(114)136-100(2,3)4)63-66-53-70(90(118)132-49-51-143(23,24)25)59-74(55-66)128-47-45-127-46-48-129-75-56-67(54-71(60-75)91(119)133-50-52-144(26,27)28)64-113(81(95(123)139-103(11,12)13)62-85(115)137-101(5,6)7)89(117)79-36-30-38-83-87(79)131-44-32-34-69-58-73(40-42-77(69)93(121)135-83)109-96(110-98(125)141-105(17,18)19)111-99(126)142-106(20,21)22/h29-30,35-42,53-60,80-81H,31-34,43-52,61-64H2,1-28H3,(H,107,108,124)(H2,109,110,111,125,126)/t80-,81-/m0/s1. The SMILES string of the molecule is CC(=NC(=O)OC(C)(C)C)Nc1ccc2c(c1)CCCOc1c(cccc1C(=O)N(Cc1cc(OCCOCCOc3cc(CN(C(=O)c4cccc5c4OCCCc4cc(NC(=NC(=O)OC(C)(C)C)NC(=O)OC(C)(C)C)ccc4C(=O)O5)[C@@H](CC(=O)OC(C)(C)C)C(=O)OC(C)(C)C)cc(C(=O)OCC[Si](C)(C)C)c3)cc(C(=O)OCC[Si](C)(C)C)c1)[C@@H](CC(=O)OC(C)(C)C)C(=O)OC(C)(C)C)OC2=O. The maximum atomic E-state index is 16.1. The van der Waals surface area contributed by atoms with Gasteiger partial charge in [0.05, 0.1) is 85.9 Å². The van der Waals surface area contributed by atoms with E-state index in [0.717, 1.165) is 9.80 Å². The van der Waals surface area contributed by atoms with Gasteiger partial charge in [-0.05, 0) is 309 Å². The molecular weight excluding hydrogens is 1890 g/mol. The fraction of sp³-hybridized carbons (Fsp3) is 0.519. The lowest BCUT2D eigenvalue weighted by Crippen LogP contribution is -2.48. The maximum absolute atomic E-state index is 16.1. The Morgan fingerprint density at radius 3 is 1.17 bits per heavy atom. The number of rotatable bonds is 32. The van der Waals surface area contributed by atoms with Crippen LogP contribution in [0.1, 0.15) is 262 Å². The molecule has 36 nitrogen and oxygen atoms in total. The zero-order valence-electron chi connectivity index (χ0n) is 88.4. The predicted octanol–water partition coefficient (Wildman–Crippen LogP) is 19.4. The Labute approximate surface area is 845 Å². The van der Waals surface area contributed by atoms with Gasteiger partial charge >= 0.3 is 66.0 Å². The van der Waals surface area contributed by atoms with Crippen LogP contribution in [0.25, 0.3) is 0 Å². The number of amides is 5. The van der Waals surface area contributed by atoms with Gasteiger partial charge in [-0.2, -0.15) is 4.99 Å². The zero-order valence-corrected chi connectivity index (χ0v) is 90.4. The number of carbonyl (C=O) groups excluding carboxylic acids is 13. The summed E-state index contributed by atoms with van der Waals surface area (Å²) in [5.41, 5.74) is -5.27. The van der Waals surface area contributed by atoms with E-state index in [9.17, 15) is 47.9 Å². The van der Waals surface area contributed by atoms with Gasteiger partial charge in [0.15, 0.2) is 23.0 Å². The number of benzene rings is 6. The number of nitrogens with one attached hydrogen (secondary N) is 3. The van der Waals surface area contributed by atoms with Crippen molar-refractivity contribution >= 4 is 117 Å². The molecule has 0 aromatic heterocycles. The number of amidine groups is 1. The molecule has 6 aromatic carbocycles. The number of fused-ring (bicyclic) bond motifs is 4. The Bertz CT molecular complexity index is 5720. The molecule has 5 amide bonds. The Kier molecular flexibility index (Phi) is 39.8. The van der Waals surface area contributed by atoms with Crippen molar-refractivity contribution in [2.24, 2.45) is 9.98 Å². The molecular formula is C106H143N7O29Si2. The molecule has 0 saturated carbocycles. The highest BCUT2D eigenvalue weighted by molar-refractivity contribution is 6.76. The molecule has 2 aliphatic rings. The lowest BCUT2D eigenvalue weighted by molar-refractivity contribution is -0.167. The third-order valence-corrected chi connectivity index (χ3v) is 23.5. The molecule has 0 aliphatic carbocycles. The first-order chi connectivity index (χ1) is 66.7. The average molecular weight is 2040 g/mol. The predicted molar refractivity (Wildman–Crippen MR) is 544 cm³/mol. The molecule has 784 valence electrons. The van der Waals surface area contributed by atoms with E-state index < -0.39 is 171 Å². The van der Waals surface area contributed by atoms with Crippen LogP contribution in [0.5, 0.6) is 34.5 Å². The highest BCUT2D eigenvalue weighted by Gasteiger charge is 2.43. The number of hydrogen-bond donors (Lipinski definition) is 3. The van der Waals surface area contributed by atoms with Crippen LogP contribution in [0, 0.1) is 0 Å². The first-order valence-electron chi connectivity index (χ1n) is 48.0. The van der Waals surface area contributed by atoms with E-state index in [1.54, 1.807) is 177 Å². The number of anilines is 2. The van der Waals surface area contributed by atoms with Crippen LogP contribution in [0.4, 0.5) is 25.8 Å². The van der Waals surface area contributed by atoms with Crippen LogP contribution in [0.15, 0.2) is 119 Å². The van der Waals surface area contributed by atoms with Gasteiger partial charge in [-0.3, -0.25) is 24.5 Å². The summed E-state index contributed by atoms with van der Waals surface area (Å²) in [5, 5.41) is 8.44. The zero-order chi connectivity index (χ0) is 107. The van der Waals surface area contributed by atoms with Crippen molar-refractivity contribution in [1.82, 2.24) is 15.1 Å². The van der Waals surface area contributed by atoms with Crippen molar-refractivity contribution < 1.29 is 138 Å². The normalized spacial score (nSPS) is 13.9. The summed E-state index contributed by atoms with van der Waals surface area (Å²) < 4.78 is 95.7. The Morgan fingerprint density at radius 2 is 0.799 bits per heavy atom. The summed E-state index contributed by atoms with van der Waals surface area (Å²) in [6.45, 7) is 47.1. The van der Waals surface area contributed by atoms with Crippen molar-refractivity contribution in [3.05, 3.63) is 165 Å². The van der Waals surface area contributed by atoms with Crippen LogP contribution in [0.2, 0.25) is 51.4 Å². The highest BCUT2D eigenvalue weighted by atomic mass is 28.3. The van der Waals surface area contributed by atoms with Crippen LogP contribution in [-0.4, -0.2) is 220 Å². The van der Waals surface area contributed by atoms with E-state index in [0.29, 0.717) is 35.3 Å². The highest BCUT2D eigenvalue weighted by Crippen LogP contribution is 2.40. The fourth-order valence-electron chi connectivity index (χ4n) is 14.1. The van der Waals surface area contributed by atoms with Crippen LogP contribution in [0.3, 0.4) is 0 Å². The van der Waals surface area contributed by atoms with Gasteiger partial charge in [0.1, 0.15) is 81.8 Å². The number of aliphatic imine (C=N–C) groups is 2. The number of ether oxygens (including phenoxy) is 16. The van der Waals surface area contributed by atoms with E-state index in [1.165, 1.54) is 84.9 Å². The number of nitrogens with zero attached hydrogens (tertiary/aromatic N) is 4. The van der Waals surface area contributed by atoms with Crippen molar-refractivity contribution in [2.45, 2.75) is 307 Å². The second kappa shape index (κ2) is 49.4. The van der Waals surface area contributed by atoms with E-state index in [2.05, 4.69) is 65.2 Å². The van der Waals surface area contributed by atoms with Gasteiger partial charge in [0.25, 0.3) is 11.8 Å². The monoisotopic (exact) mass is 2030 g/mol. The second-order valence-corrected chi connectivity index (χ2v) is 55.4. The van der Waals surface area contributed by atoms with Crippen LogP contribution >= 0.6 is 0 Å². The minimum absolute atomic E-state index is 0.0192. The van der Waals surface area contributed by atoms with Gasteiger partial charge in [-0.25, -0.2) is 43.2 Å². The molecule has 0 bridgehead atoms. The lowest BCUT2D eigenvalue weighted by Gasteiger charge is -2.33. The number of alkyl carbamates (subject to hydrolysis) is 1. The second-order valence-electron chi connectivity index (χ2n) is 44.2. The van der Waals surface area contributed by atoms with E-state index in [-0.39, 0.29) is 169 Å². The van der Waals surface area contributed by atoms with Gasteiger partial charge in [-0.1, -0.05) is 51.4 Å². The third-order valence-electron chi connectivity index (χ3n) is 20.1. The summed E-state index contributed by atoms with van der Waals surface area (Å²) in [6.07, 6.45) is -3.35. The van der Waals surface area contributed by atoms with Gasteiger partial charge in [0, 0.05) is 40.6 Å². The van der Waals surface area contributed by atoms with E-state index in [4.69, 9.17) is 75.8 Å². The number of hydrogen-bond acceptors (Lipinski definition) is 29. The third kappa shape index (κ3) is 39.8. The van der Waals surface area contributed by atoms with Crippen LogP contribution < -0.4 is 44.4 Å². The van der Waals surface area contributed by atoms with E-state index in [1.807, 2.05) is 0 Å². The summed E-state index contributed by atoms with van der Waals surface area (Å²) in [7, 11) is -3.57. The Balaban J connectivity index is 1.12. The molecule has 0 spiro atoms. The topological polar surface area (TPSA) is 437 Å². The molecule has 3 N–H and O–H groups in total. The average Bonchev–Trinajstić information content (AvgIpc) is 0.787. The summed E-state index contributed by atoms with van der Waals surface area (Å²) in [4.78, 5) is 197. The number of carbonyl (C=O) groups is 13. The molecule has 144 heavy (non-hydrogen) atoms. The van der Waals surface area contributed by atoms with Crippen molar-refractivity contribution in [3.63, 3.8) is 0 Å². The number of para-hydroxylation sites is 2. The minimum Gasteiger partial charge on any atom is -0.491 e. The molecule has 2 atom stereocenters. The molecule has 8 rings (SSSR count). The fourth-order valence-corrected chi connectivity index (χ4v) is 15.6. The van der Waals surface area contributed by atoms with Gasteiger partial charge in [0.2, 0.25) is 5.96 Å². The summed E-state index contributed by atoms with van der Waals surface area (Å²) >= 11 is 0. The van der Waals surface area contributed by atoms with Gasteiger partial charge < -0.3 is 96.2 Å². The quantitative estimate of drug-likeness (QED) is 0.00671. The molecule has 6 aromatic rings. The maximum Gasteiger partial charge on any atom is 0.437 e. The number of esters is 8.